The second-order valence-corrected chi connectivity index (χ2v) is 11.0. The Morgan fingerprint density at radius 3 is 1.69 bits per heavy atom. The van der Waals surface area contributed by atoms with E-state index in [9.17, 15) is 14.4 Å². The summed E-state index contributed by atoms with van der Waals surface area (Å²) in [6.07, 6.45) is 7.08. The number of aryl methyl sites for hydroxylation is 2. The van der Waals surface area contributed by atoms with Gasteiger partial charge in [0.25, 0.3) is 0 Å². The van der Waals surface area contributed by atoms with Crippen LogP contribution in [0.4, 0.5) is 34.6 Å². The lowest BCUT2D eigenvalue weighted by Crippen LogP contribution is -2.09. The Labute approximate surface area is 302 Å². The molecule has 268 valence electrons. The van der Waals surface area contributed by atoms with Crippen molar-refractivity contribution in [3.8, 4) is 34.4 Å². The quantitative estimate of drug-likeness (QED) is 0.0633. The smallest absolute Gasteiger partial charge is 0.343 e. The summed E-state index contributed by atoms with van der Waals surface area (Å²) in [6, 6.07) is 11.9. The molecule has 7 aromatic rings. The molecule has 0 spiro atoms. The monoisotopic (exact) mass is 726 g/mol. The Kier molecular flexibility index (Phi) is 9.03. The molecule has 0 saturated heterocycles. The molecule has 0 aromatic carbocycles. The number of carbonyl (C=O) groups is 3. The largest absolute Gasteiger partial charge is 0.465 e. The van der Waals surface area contributed by atoms with Gasteiger partial charge in [-0.25, -0.2) is 24.1 Å². The molecule has 7 rings (SSSR count). The molecular weight excluding hydrogens is 700 g/mol. The highest BCUT2D eigenvalue weighted by atomic mass is 16.5. The van der Waals surface area contributed by atoms with Crippen LogP contribution in [0.3, 0.4) is 0 Å². The maximum atomic E-state index is 12.3. The van der Waals surface area contributed by atoms with Crippen molar-refractivity contribution in [1.29, 1.82) is 0 Å². The molecule has 7 heterocycles. The number of nitrogens with two attached hydrogens (primary N) is 2. The van der Waals surface area contributed by atoms with Crippen molar-refractivity contribution in [1.82, 2.24) is 59.1 Å². The van der Waals surface area contributed by atoms with Crippen molar-refractivity contribution in [3.63, 3.8) is 0 Å². The Morgan fingerprint density at radius 1 is 0.722 bits per heavy atom. The van der Waals surface area contributed by atoms with Crippen molar-refractivity contribution in [2.24, 2.45) is 34.6 Å². The maximum absolute atomic E-state index is 12.3. The van der Waals surface area contributed by atoms with E-state index in [4.69, 9.17) is 16.2 Å². The van der Waals surface area contributed by atoms with E-state index in [1.165, 1.54) is 57.7 Å². The van der Waals surface area contributed by atoms with Gasteiger partial charge in [-0.3, -0.25) is 19.6 Å². The molecule has 0 unspecified atom stereocenters. The van der Waals surface area contributed by atoms with Crippen molar-refractivity contribution < 1.29 is 19.1 Å². The molecule has 4 N–H and O–H groups in total. The molecule has 54 heavy (non-hydrogen) atoms. The van der Waals surface area contributed by atoms with E-state index in [1.807, 2.05) is 0 Å². The number of ketones is 1. The highest BCUT2D eigenvalue weighted by molar-refractivity contribution is 6.34. The standard InChI is InChI=1S/C32H26N18O4/c1-47-30(17(13-39-47)21(52)15-51)43-41-26-24(19-8-4-6-10-35-19)45-49(28(26)33)22-12-23(38-16-37-22)50-29(34)27(25(46-50)20-9-5-7-11-36-20)42-44-31-18(32(53)54-3)14-40-48(31)2/h4-16H,33-34H2,1-3H3. The number of nitrogen functional groups attached to an aromatic ring is 2. The fourth-order valence-corrected chi connectivity index (χ4v) is 5.10. The molecule has 7 aromatic heterocycles. The Bertz CT molecular complexity index is 2600. The van der Waals surface area contributed by atoms with E-state index in [2.05, 4.69) is 60.8 Å². The van der Waals surface area contributed by atoms with Crippen LogP contribution in [0.5, 0.6) is 0 Å². The average molecular weight is 727 g/mol. The van der Waals surface area contributed by atoms with Gasteiger partial charge in [0.05, 0.1) is 36.5 Å². The van der Waals surface area contributed by atoms with Crippen LogP contribution in [-0.2, 0) is 23.6 Å². The second kappa shape index (κ2) is 14.2. The first-order chi connectivity index (χ1) is 26.2. The van der Waals surface area contributed by atoms with Crippen LogP contribution < -0.4 is 11.5 Å². The molecule has 0 amide bonds. The third-order valence-electron chi connectivity index (χ3n) is 7.76. The van der Waals surface area contributed by atoms with Crippen LogP contribution in [-0.4, -0.2) is 84.2 Å². The molecule has 0 fully saturated rings. The number of azo groups is 2. The third-order valence-corrected chi connectivity index (χ3v) is 7.76. The van der Waals surface area contributed by atoms with Crippen molar-refractivity contribution in [2.75, 3.05) is 18.6 Å². The predicted octanol–water partition coefficient (Wildman–Crippen LogP) is 3.60. The number of rotatable bonds is 11. The number of aldehydes is 1. The lowest BCUT2D eigenvalue weighted by atomic mass is 10.2. The first-order valence-corrected chi connectivity index (χ1v) is 15.6. The SMILES string of the molecule is COC(=O)c1cnn(C)c1N=Nc1c(-c2ccccn2)nn(-c2cc(-n3nc(-c4ccccn4)c(N=Nc4c(C(=O)C=O)cnn4C)c3N)ncn2)c1N. The average Bonchev–Trinajstić information content (AvgIpc) is 3.95. The van der Waals surface area contributed by atoms with E-state index >= 15 is 0 Å². The number of pyridine rings is 2. The Morgan fingerprint density at radius 2 is 1.22 bits per heavy atom. The molecule has 0 atom stereocenters. The lowest BCUT2D eigenvalue weighted by Gasteiger charge is -2.06. The van der Waals surface area contributed by atoms with Gasteiger partial charge >= 0.3 is 5.97 Å². The van der Waals surface area contributed by atoms with Gasteiger partial charge in [0.1, 0.15) is 23.3 Å². The number of Topliss-reactive ketones (excluding diaryl/α,β-unsaturated/α-hetero) is 1. The van der Waals surface area contributed by atoms with Crippen molar-refractivity contribution in [2.45, 2.75) is 0 Å². The number of carbonyl (C=O) groups excluding carboxylic acids is 3. The van der Waals surface area contributed by atoms with Gasteiger partial charge in [0, 0.05) is 32.6 Å². The molecule has 22 heteroatoms. The van der Waals surface area contributed by atoms with Crippen LogP contribution in [0.25, 0.3) is 34.4 Å². The van der Waals surface area contributed by atoms with Crippen LogP contribution in [0.15, 0.2) is 94.0 Å². The minimum Gasteiger partial charge on any atom is -0.465 e. The zero-order valence-corrected chi connectivity index (χ0v) is 28.4. The molecule has 0 aliphatic rings. The van der Waals surface area contributed by atoms with Crippen LogP contribution in [0, 0.1) is 0 Å². The zero-order chi connectivity index (χ0) is 37.9. The van der Waals surface area contributed by atoms with Gasteiger partial charge in [0.15, 0.2) is 52.6 Å². The van der Waals surface area contributed by atoms with Gasteiger partial charge in [-0.15, -0.1) is 20.5 Å². The maximum Gasteiger partial charge on any atom is 0.343 e. The summed E-state index contributed by atoms with van der Waals surface area (Å²) in [5.74, 6) is -0.986. The summed E-state index contributed by atoms with van der Waals surface area (Å²) >= 11 is 0. The number of hydrogen-bond donors (Lipinski definition) is 2. The molecule has 0 bridgehead atoms. The number of anilines is 2. The predicted molar refractivity (Wildman–Crippen MR) is 188 cm³/mol. The Hall–Kier alpha value is -8.17. The lowest BCUT2D eigenvalue weighted by molar-refractivity contribution is -0.104. The fourth-order valence-electron chi connectivity index (χ4n) is 5.10. The van der Waals surface area contributed by atoms with E-state index in [1.54, 1.807) is 55.8 Å². The number of methoxy groups -OCH3 is 1. The van der Waals surface area contributed by atoms with E-state index in [-0.39, 0.29) is 75.1 Å². The molecule has 0 aliphatic heterocycles. The normalized spacial score (nSPS) is 11.5. The van der Waals surface area contributed by atoms with E-state index < -0.39 is 11.8 Å². The highest BCUT2D eigenvalue weighted by Crippen LogP contribution is 2.39. The third kappa shape index (κ3) is 6.21. The molecule has 0 saturated carbocycles. The highest BCUT2D eigenvalue weighted by Gasteiger charge is 2.25. The van der Waals surface area contributed by atoms with Crippen molar-refractivity contribution in [3.05, 3.63) is 84.7 Å². The van der Waals surface area contributed by atoms with Crippen LogP contribution >= 0.6 is 0 Å². The summed E-state index contributed by atoms with van der Waals surface area (Å²) in [6.45, 7) is 0. The number of nitrogens with zero attached hydrogens (tertiary/aromatic N) is 16. The summed E-state index contributed by atoms with van der Waals surface area (Å²) in [4.78, 5) is 53.3. The van der Waals surface area contributed by atoms with Gasteiger partial charge < -0.3 is 16.2 Å². The van der Waals surface area contributed by atoms with Gasteiger partial charge in [-0.2, -0.15) is 29.8 Å². The number of aromatic nitrogens is 12. The molecule has 0 aliphatic carbocycles. The molecule has 22 nitrogen and oxygen atoms in total. The van der Waals surface area contributed by atoms with Crippen molar-refractivity contribution >= 4 is 52.7 Å². The summed E-state index contributed by atoms with van der Waals surface area (Å²) in [5, 5.41) is 34.6. The topological polar surface area (TPSA) is 285 Å². The van der Waals surface area contributed by atoms with Gasteiger partial charge in [0.2, 0.25) is 5.78 Å². The summed E-state index contributed by atoms with van der Waals surface area (Å²) < 4.78 is 10.1. The summed E-state index contributed by atoms with van der Waals surface area (Å²) in [5.41, 5.74) is 14.8. The first-order valence-electron chi connectivity index (χ1n) is 15.6. The van der Waals surface area contributed by atoms with Gasteiger partial charge in [-0.1, -0.05) is 12.1 Å². The zero-order valence-electron chi connectivity index (χ0n) is 28.4. The molecular formula is C32H26N18O4. The number of esters is 1. The number of hydrogen-bond acceptors (Lipinski definition) is 18. The first kappa shape index (κ1) is 34.3. The van der Waals surface area contributed by atoms with E-state index in [0.717, 1.165) is 0 Å². The minimum absolute atomic E-state index is 0.0100. The summed E-state index contributed by atoms with van der Waals surface area (Å²) in [7, 11) is 4.37. The number of ether oxygens (including phenoxy) is 1. The Balaban J connectivity index is 1.33. The van der Waals surface area contributed by atoms with Crippen LogP contribution in [0.1, 0.15) is 20.7 Å². The van der Waals surface area contributed by atoms with Gasteiger partial charge in [-0.05, 0) is 24.3 Å². The fraction of sp³-hybridized carbons (Fsp3) is 0.0938. The second-order valence-electron chi connectivity index (χ2n) is 11.0. The minimum atomic E-state index is -0.823. The molecule has 0 radical (unpaired) electrons. The van der Waals surface area contributed by atoms with Crippen LogP contribution in [0.2, 0.25) is 0 Å². The van der Waals surface area contributed by atoms with E-state index in [0.29, 0.717) is 11.4 Å².